The Balaban J connectivity index is 1.24. The number of hydrogen-bond acceptors (Lipinski definition) is 6. The minimum Gasteiger partial charge on any atom is -0.468 e. The quantitative estimate of drug-likeness (QED) is 0.661. The molecule has 2 aliphatic rings. The van der Waals surface area contributed by atoms with E-state index in [1.807, 2.05) is 18.2 Å². The van der Waals surface area contributed by atoms with E-state index in [-0.39, 0.29) is 18.7 Å². The van der Waals surface area contributed by atoms with Gasteiger partial charge >= 0.3 is 0 Å². The SMILES string of the molecule is O=C(NC[C@@H](c1ccco1)N1CCN(c2ccccc2)CC1)c1ccc2c(c1)OCO2. The van der Waals surface area contributed by atoms with Crippen LogP contribution in [0.5, 0.6) is 11.5 Å². The molecule has 7 heteroatoms. The molecule has 1 aromatic heterocycles. The second kappa shape index (κ2) is 8.73. The molecule has 0 aliphatic carbocycles. The van der Waals surface area contributed by atoms with Crippen molar-refractivity contribution in [2.24, 2.45) is 0 Å². The molecule has 160 valence electrons. The standard InChI is InChI=1S/C24H25N3O4/c28-24(18-8-9-22-23(15-18)31-17-30-22)25-16-20(21-7-4-14-29-21)27-12-10-26(11-13-27)19-5-2-1-3-6-19/h1-9,14-15,20H,10-13,16-17H2,(H,25,28)/t20-/m0/s1. The summed E-state index contributed by atoms with van der Waals surface area (Å²) < 4.78 is 16.4. The second-order valence-electron chi connectivity index (χ2n) is 7.67. The van der Waals surface area contributed by atoms with Gasteiger partial charge in [-0.1, -0.05) is 18.2 Å². The second-order valence-corrected chi connectivity index (χ2v) is 7.67. The van der Waals surface area contributed by atoms with E-state index in [0.717, 1.165) is 31.9 Å². The van der Waals surface area contributed by atoms with Crippen LogP contribution >= 0.6 is 0 Å². The number of carbonyl (C=O) groups is 1. The van der Waals surface area contributed by atoms with Crippen molar-refractivity contribution in [3.8, 4) is 11.5 Å². The van der Waals surface area contributed by atoms with E-state index in [4.69, 9.17) is 13.9 Å². The molecule has 7 nitrogen and oxygen atoms in total. The maximum atomic E-state index is 12.8. The van der Waals surface area contributed by atoms with Crippen molar-refractivity contribution in [2.75, 3.05) is 44.4 Å². The number of nitrogens with zero attached hydrogens (tertiary/aromatic N) is 2. The predicted octanol–water partition coefficient (Wildman–Crippen LogP) is 3.30. The number of nitrogens with one attached hydrogen (secondary N) is 1. The van der Waals surface area contributed by atoms with Crippen LogP contribution in [-0.2, 0) is 0 Å². The van der Waals surface area contributed by atoms with Gasteiger partial charge in [-0.15, -0.1) is 0 Å². The Morgan fingerprint density at radius 2 is 1.74 bits per heavy atom. The fraction of sp³-hybridized carbons (Fsp3) is 0.292. The highest BCUT2D eigenvalue weighted by Gasteiger charge is 2.27. The van der Waals surface area contributed by atoms with Crippen molar-refractivity contribution in [3.63, 3.8) is 0 Å². The van der Waals surface area contributed by atoms with Gasteiger partial charge in [-0.25, -0.2) is 0 Å². The van der Waals surface area contributed by atoms with E-state index in [1.54, 1.807) is 24.5 Å². The number of rotatable bonds is 6. The zero-order valence-electron chi connectivity index (χ0n) is 17.2. The van der Waals surface area contributed by atoms with Crippen LogP contribution < -0.4 is 19.7 Å². The fourth-order valence-electron chi connectivity index (χ4n) is 4.15. The minimum absolute atomic E-state index is 0.0223. The third-order valence-electron chi connectivity index (χ3n) is 5.84. The number of ether oxygens (including phenoxy) is 2. The van der Waals surface area contributed by atoms with Gasteiger partial charge in [-0.05, 0) is 42.5 Å². The van der Waals surface area contributed by atoms with Crippen LogP contribution in [0.1, 0.15) is 22.2 Å². The highest BCUT2D eigenvalue weighted by atomic mass is 16.7. The lowest BCUT2D eigenvalue weighted by atomic mass is 10.1. The van der Waals surface area contributed by atoms with Gasteiger partial charge in [0.25, 0.3) is 5.91 Å². The number of anilines is 1. The summed E-state index contributed by atoms with van der Waals surface area (Å²) in [5.41, 5.74) is 1.80. The third kappa shape index (κ3) is 4.22. The molecule has 31 heavy (non-hydrogen) atoms. The molecule has 0 radical (unpaired) electrons. The van der Waals surface area contributed by atoms with Crippen LogP contribution in [0.25, 0.3) is 0 Å². The van der Waals surface area contributed by atoms with Crippen molar-refractivity contribution in [3.05, 3.63) is 78.3 Å². The Morgan fingerprint density at radius 3 is 2.52 bits per heavy atom. The van der Waals surface area contributed by atoms with Gasteiger partial charge < -0.3 is 24.1 Å². The molecule has 3 aromatic rings. The molecular weight excluding hydrogens is 394 g/mol. The van der Waals surface area contributed by atoms with Crippen molar-refractivity contribution >= 4 is 11.6 Å². The monoisotopic (exact) mass is 419 g/mol. The number of hydrogen-bond donors (Lipinski definition) is 1. The number of benzene rings is 2. The molecular formula is C24H25N3O4. The van der Waals surface area contributed by atoms with Crippen molar-refractivity contribution in [2.45, 2.75) is 6.04 Å². The van der Waals surface area contributed by atoms with E-state index in [2.05, 4.69) is 39.4 Å². The third-order valence-corrected chi connectivity index (χ3v) is 5.84. The van der Waals surface area contributed by atoms with Gasteiger partial charge in [0.2, 0.25) is 6.79 Å². The molecule has 5 rings (SSSR count). The molecule has 0 saturated carbocycles. The van der Waals surface area contributed by atoms with Crippen LogP contribution in [0.2, 0.25) is 0 Å². The Bertz CT molecular complexity index is 1010. The molecule has 0 spiro atoms. The largest absolute Gasteiger partial charge is 0.468 e. The van der Waals surface area contributed by atoms with Crippen molar-refractivity contribution in [1.29, 1.82) is 0 Å². The van der Waals surface area contributed by atoms with E-state index < -0.39 is 0 Å². The normalized spacial score (nSPS) is 16.8. The number of piperazine rings is 1. The molecule has 1 amide bonds. The summed E-state index contributed by atoms with van der Waals surface area (Å²) in [7, 11) is 0. The maximum absolute atomic E-state index is 12.8. The first kappa shape index (κ1) is 19.5. The summed E-state index contributed by atoms with van der Waals surface area (Å²) in [6.07, 6.45) is 1.68. The molecule has 2 aromatic carbocycles. The average molecular weight is 419 g/mol. The zero-order chi connectivity index (χ0) is 21.0. The maximum Gasteiger partial charge on any atom is 0.251 e. The first-order valence-electron chi connectivity index (χ1n) is 10.5. The molecule has 1 fully saturated rings. The summed E-state index contributed by atoms with van der Waals surface area (Å²) in [5, 5.41) is 3.07. The predicted molar refractivity (Wildman–Crippen MR) is 117 cm³/mol. The number of para-hydroxylation sites is 1. The van der Waals surface area contributed by atoms with Gasteiger partial charge in [0.1, 0.15) is 5.76 Å². The molecule has 1 atom stereocenters. The average Bonchev–Trinajstić information content (AvgIpc) is 3.52. The molecule has 1 N–H and O–H groups in total. The Morgan fingerprint density at radius 1 is 0.935 bits per heavy atom. The highest BCUT2D eigenvalue weighted by molar-refractivity contribution is 5.95. The van der Waals surface area contributed by atoms with Gasteiger partial charge in [0.05, 0.1) is 12.3 Å². The smallest absolute Gasteiger partial charge is 0.251 e. The van der Waals surface area contributed by atoms with E-state index in [0.29, 0.717) is 23.6 Å². The van der Waals surface area contributed by atoms with Crippen LogP contribution in [0.4, 0.5) is 5.69 Å². The van der Waals surface area contributed by atoms with E-state index >= 15 is 0 Å². The van der Waals surface area contributed by atoms with Gasteiger partial charge in [0, 0.05) is 44.0 Å². The topological polar surface area (TPSA) is 67.2 Å². The number of carbonyl (C=O) groups excluding carboxylic acids is 1. The summed E-state index contributed by atoms with van der Waals surface area (Å²) in [4.78, 5) is 17.5. The summed E-state index contributed by atoms with van der Waals surface area (Å²) in [5.74, 6) is 1.99. The summed E-state index contributed by atoms with van der Waals surface area (Å²) in [6.45, 7) is 4.29. The van der Waals surface area contributed by atoms with Crippen LogP contribution in [0.15, 0.2) is 71.3 Å². The molecule has 3 heterocycles. The molecule has 0 unspecified atom stereocenters. The Labute approximate surface area is 181 Å². The van der Waals surface area contributed by atoms with Crippen molar-refractivity contribution < 1.29 is 18.7 Å². The highest BCUT2D eigenvalue weighted by Crippen LogP contribution is 2.32. The fourth-order valence-corrected chi connectivity index (χ4v) is 4.15. The van der Waals surface area contributed by atoms with Gasteiger partial charge in [-0.2, -0.15) is 0 Å². The number of furan rings is 1. The lowest BCUT2D eigenvalue weighted by Gasteiger charge is -2.39. The lowest BCUT2D eigenvalue weighted by Crippen LogP contribution is -2.49. The van der Waals surface area contributed by atoms with Gasteiger partial charge in [0.15, 0.2) is 11.5 Å². The van der Waals surface area contributed by atoms with Crippen LogP contribution in [0, 0.1) is 0 Å². The molecule has 2 aliphatic heterocycles. The van der Waals surface area contributed by atoms with E-state index in [9.17, 15) is 4.79 Å². The Hall–Kier alpha value is -3.45. The lowest BCUT2D eigenvalue weighted by molar-refractivity contribution is 0.0922. The Kier molecular flexibility index (Phi) is 5.50. The summed E-state index contributed by atoms with van der Waals surface area (Å²) >= 11 is 0. The number of fused-ring (bicyclic) bond motifs is 1. The summed E-state index contributed by atoms with van der Waals surface area (Å²) in [6, 6.07) is 19.5. The zero-order valence-corrected chi connectivity index (χ0v) is 17.2. The number of amides is 1. The van der Waals surface area contributed by atoms with Crippen LogP contribution in [-0.4, -0.2) is 50.3 Å². The molecule has 0 bridgehead atoms. The van der Waals surface area contributed by atoms with Gasteiger partial charge in [-0.3, -0.25) is 9.69 Å². The molecule has 1 saturated heterocycles. The first-order valence-corrected chi connectivity index (χ1v) is 10.5. The van der Waals surface area contributed by atoms with Crippen LogP contribution in [0.3, 0.4) is 0 Å². The van der Waals surface area contributed by atoms with Crippen molar-refractivity contribution in [1.82, 2.24) is 10.2 Å². The minimum atomic E-state index is -0.141. The van der Waals surface area contributed by atoms with E-state index in [1.165, 1.54) is 5.69 Å². The first-order chi connectivity index (χ1) is 15.3.